The van der Waals surface area contributed by atoms with Crippen molar-refractivity contribution in [1.29, 1.82) is 0 Å². The lowest BCUT2D eigenvalue weighted by atomic mass is 9.80. The summed E-state index contributed by atoms with van der Waals surface area (Å²) in [5.74, 6) is 1.15. The van der Waals surface area contributed by atoms with E-state index in [1.807, 2.05) is 6.07 Å². The molecule has 1 aromatic carbocycles. The van der Waals surface area contributed by atoms with Crippen LogP contribution in [-0.4, -0.2) is 17.8 Å². The van der Waals surface area contributed by atoms with Crippen LogP contribution in [0.1, 0.15) is 36.0 Å². The smallest absolute Gasteiger partial charge is 0.252 e. The Morgan fingerprint density at radius 2 is 2.00 bits per heavy atom. The molecule has 2 atom stereocenters. The number of halogens is 3. The molecule has 5 heteroatoms. The molecule has 0 bridgehead atoms. The number of benzene rings is 1. The fourth-order valence-electron chi connectivity index (χ4n) is 2.75. The van der Waals surface area contributed by atoms with Crippen LogP contribution in [0.3, 0.4) is 0 Å². The molecular weight excluding hydrogens is 405 g/mol. The van der Waals surface area contributed by atoms with Gasteiger partial charge in [0.15, 0.2) is 0 Å². The van der Waals surface area contributed by atoms with E-state index in [2.05, 4.69) is 37.2 Å². The van der Waals surface area contributed by atoms with E-state index < -0.39 is 0 Å². The Labute approximate surface area is 141 Å². The molecule has 0 spiro atoms. The highest BCUT2D eigenvalue weighted by Crippen LogP contribution is 2.31. The van der Waals surface area contributed by atoms with Gasteiger partial charge in [-0.1, -0.05) is 56.3 Å². The summed E-state index contributed by atoms with van der Waals surface area (Å²) in [5.41, 5.74) is 0.534. The van der Waals surface area contributed by atoms with Crippen molar-refractivity contribution in [3.05, 3.63) is 33.3 Å². The molecule has 0 saturated heterocycles. The van der Waals surface area contributed by atoms with E-state index in [4.69, 9.17) is 11.6 Å². The van der Waals surface area contributed by atoms with Crippen molar-refractivity contribution in [2.75, 3.05) is 11.9 Å². The quantitative estimate of drug-likeness (QED) is 0.676. The van der Waals surface area contributed by atoms with Crippen LogP contribution in [0.2, 0.25) is 5.02 Å². The van der Waals surface area contributed by atoms with Crippen molar-refractivity contribution in [2.24, 2.45) is 11.8 Å². The van der Waals surface area contributed by atoms with E-state index in [1.54, 1.807) is 12.1 Å². The first kappa shape index (κ1) is 16.3. The minimum atomic E-state index is -0.0878. The van der Waals surface area contributed by atoms with Crippen LogP contribution < -0.4 is 5.32 Å². The molecule has 0 aromatic heterocycles. The topological polar surface area (TPSA) is 29.1 Å². The van der Waals surface area contributed by atoms with Crippen LogP contribution in [0.4, 0.5) is 0 Å². The largest absolute Gasteiger partial charge is 0.352 e. The second-order valence-electron chi connectivity index (χ2n) is 5.29. The number of carbonyl (C=O) groups excluding carboxylic acids is 1. The van der Waals surface area contributed by atoms with Gasteiger partial charge in [0.05, 0.1) is 10.6 Å². The van der Waals surface area contributed by atoms with Gasteiger partial charge in [-0.3, -0.25) is 4.79 Å². The van der Waals surface area contributed by atoms with Gasteiger partial charge in [0, 0.05) is 16.3 Å². The van der Waals surface area contributed by atoms with Crippen molar-refractivity contribution in [2.45, 2.75) is 25.7 Å². The summed E-state index contributed by atoms with van der Waals surface area (Å²) >= 11 is 13.0. The van der Waals surface area contributed by atoms with Gasteiger partial charge < -0.3 is 5.32 Å². The maximum atomic E-state index is 12.2. The summed E-state index contributed by atoms with van der Waals surface area (Å²) < 4.78 is 0.864. The van der Waals surface area contributed by atoms with Gasteiger partial charge in [-0.05, 0) is 42.9 Å². The summed E-state index contributed by atoms with van der Waals surface area (Å²) in [5, 5.41) is 4.55. The second kappa shape index (κ2) is 7.81. The molecule has 1 saturated carbocycles. The van der Waals surface area contributed by atoms with E-state index in [-0.39, 0.29) is 5.91 Å². The lowest BCUT2D eigenvalue weighted by Gasteiger charge is -2.30. The standard InChI is InChI=1S/C15H18Br2ClNO/c16-8-10-3-1-2-4-11(10)9-19-15(20)13-7-12(17)5-6-14(13)18/h5-7,10-11H,1-4,8-9H2,(H,19,20). The summed E-state index contributed by atoms with van der Waals surface area (Å²) in [6.45, 7) is 0.734. The molecule has 1 aliphatic carbocycles. The third kappa shape index (κ3) is 4.22. The maximum Gasteiger partial charge on any atom is 0.252 e. The van der Waals surface area contributed by atoms with Gasteiger partial charge in [0.1, 0.15) is 0 Å². The molecule has 2 nitrogen and oxygen atoms in total. The molecule has 1 aliphatic rings. The summed E-state index contributed by atoms with van der Waals surface area (Å²) in [6.07, 6.45) is 5.02. The first-order valence-electron chi connectivity index (χ1n) is 6.91. The average molecular weight is 424 g/mol. The average Bonchev–Trinajstić information content (AvgIpc) is 2.47. The molecule has 0 radical (unpaired) electrons. The Kier molecular flexibility index (Phi) is 6.37. The van der Waals surface area contributed by atoms with E-state index in [9.17, 15) is 4.79 Å². The lowest BCUT2D eigenvalue weighted by Crippen LogP contribution is -2.35. The first-order valence-corrected chi connectivity index (χ1v) is 9.20. The normalized spacial score (nSPS) is 22.6. The molecule has 2 rings (SSSR count). The van der Waals surface area contributed by atoms with E-state index in [0.29, 0.717) is 22.4 Å². The predicted octanol–water partition coefficient (Wildman–Crippen LogP) is 5.03. The molecule has 1 aromatic rings. The number of carbonyl (C=O) groups is 1. The first-order chi connectivity index (χ1) is 9.61. The summed E-state index contributed by atoms with van der Waals surface area (Å²) in [6, 6.07) is 5.34. The highest BCUT2D eigenvalue weighted by atomic mass is 79.9. The van der Waals surface area contributed by atoms with Crippen molar-refractivity contribution >= 4 is 49.4 Å². The fourth-order valence-corrected chi connectivity index (χ4v) is 4.16. The van der Waals surface area contributed by atoms with E-state index >= 15 is 0 Å². The molecule has 1 N–H and O–H groups in total. The van der Waals surface area contributed by atoms with Crippen molar-refractivity contribution in [3.8, 4) is 0 Å². The molecule has 0 heterocycles. The van der Waals surface area contributed by atoms with Crippen molar-refractivity contribution in [1.82, 2.24) is 5.32 Å². The Morgan fingerprint density at radius 1 is 1.30 bits per heavy atom. The van der Waals surface area contributed by atoms with Gasteiger partial charge in [0.25, 0.3) is 5.91 Å². The zero-order valence-corrected chi connectivity index (χ0v) is 15.1. The molecular formula is C15H18Br2ClNO. The number of alkyl halides is 1. The SMILES string of the molecule is O=C(NCC1CCCCC1CBr)c1cc(Br)ccc1Cl. The van der Waals surface area contributed by atoms with Crippen LogP contribution in [0, 0.1) is 11.8 Å². The zero-order chi connectivity index (χ0) is 14.5. The highest BCUT2D eigenvalue weighted by molar-refractivity contribution is 9.10. The van der Waals surface area contributed by atoms with Crippen LogP contribution >= 0.6 is 43.5 Å². The molecule has 20 heavy (non-hydrogen) atoms. The fraction of sp³-hybridized carbons (Fsp3) is 0.533. The maximum absolute atomic E-state index is 12.2. The van der Waals surface area contributed by atoms with Crippen LogP contribution in [0.5, 0.6) is 0 Å². The van der Waals surface area contributed by atoms with Crippen LogP contribution in [-0.2, 0) is 0 Å². The molecule has 2 unspecified atom stereocenters. The number of hydrogen-bond acceptors (Lipinski definition) is 1. The number of hydrogen-bond donors (Lipinski definition) is 1. The zero-order valence-electron chi connectivity index (χ0n) is 11.2. The van der Waals surface area contributed by atoms with Gasteiger partial charge in [-0.2, -0.15) is 0 Å². The van der Waals surface area contributed by atoms with Crippen molar-refractivity contribution < 1.29 is 4.79 Å². The Bertz CT molecular complexity index is 481. The van der Waals surface area contributed by atoms with Crippen LogP contribution in [0.15, 0.2) is 22.7 Å². The molecule has 110 valence electrons. The molecule has 1 fully saturated rings. The lowest BCUT2D eigenvalue weighted by molar-refractivity contribution is 0.0937. The number of nitrogens with one attached hydrogen (secondary N) is 1. The Balaban J connectivity index is 1.96. The van der Waals surface area contributed by atoms with Gasteiger partial charge in [0.2, 0.25) is 0 Å². The molecule has 1 amide bonds. The highest BCUT2D eigenvalue weighted by Gasteiger charge is 2.24. The molecule has 0 aliphatic heterocycles. The van der Waals surface area contributed by atoms with Gasteiger partial charge in [-0.25, -0.2) is 0 Å². The summed E-state index contributed by atoms with van der Waals surface area (Å²) in [7, 11) is 0. The van der Waals surface area contributed by atoms with Crippen molar-refractivity contribution in [3.63, 3.8) is 0 Å². The Hall–Kier alpha value is -0.0600. The minimum absolute atomic E-state index is 0.0878. The minimum Gasteiger partial charge on any atom is -0.352 e. The second-order valence-corrected chi connectivity index (χ2v) is 7.26. The van der Waals surface area contributed by atoms with E-state index in [0.717, 1.165) is 16.3 Å². The van der Waals surface area contributed by atoms with Crippen LogP contribution in [0.25, 0.3) is 0 Å². The van der Waals surface area contributed by atoms with E-state index in [1.165, 1.54) is 25.7 Å². The number of amides is 1. The summed E-state index contributed by atoms with van der Waals surface area (Å²) in [4.78, 5) is 12.2. The third-order valence-electron chi connectivity index (χ3n) is 3.96. The predicted molar refractivity (Wildman–Crippen MR) is 90.7 cm³/mol. The number of rotatable bonds is 4. The Morgan fingerprint density at radius 3 is 2.70 bits per heavy atom. The van der Waals surface area contributed by atoms with Gasteiger partial charge in [-0.15, -0.1) is 0 Å². The monoisotopic (exact) mass is 421 g/mol. The van der Waals surface area contributed by atoms with Gasteiger partial charge >= 0.3 is 0 Å². The third-order valence-corrected chi connectivity index (χ3v) is 5.62.